The molecule has 0 bridgehead atoms. The summed E-state index contributed by atoms with van der Waals surface area (Å²) in [5.74, 6) is 0.202. The number of hydrogen-bond donors (Lipinski definition) is 0. The number of methoxy groups -OCH3 is 1. The van der Waals surface area contributed by atoms with Crippen molar-refractivity contribution in [2.75, 3.05) is 39.8 Å². The second-order valence-corrected chi connectivity index (χ2v) is 5.85. The van der Waals surface area contributed by atoms with Crippen LogP contribution in [0.5, 0.6) is 5.75 Å². The molecule has 1 aromatic carbocycles. The quantitative estimate of drug-likeness (QED) is 0.808. The highest BCUT2D eigenvalue weighted by atomic mass is 79.9. The highest BCUT2D eigenvalue weighted by molar-refractivity contribution is 9.10. The summed E-state index contributed by atoms with van der Waals surface area (Å²) >= 11 is 3.32. The van der Waals surface area contributed by atoms with Crippen LogP contribution in [0.4, 0.5) is 13.2 Å². The van der Waals surface area contributed by atoms with E-state index in [9.17, 15) is 18.0 Å². The molecule has 0 aromatic heterocycles. The molecule has 0 saturated carbocycles. The second-order valence-electron chi connectivity index (χ2n) is 5.00. The first-order chi connectivity index (χ1) is 10.3. The Labute approximate surface area is 135 Å². The van der Waals surface area contributed by atoms with Crippen LogP contribution < -0.4 is 4.74 Å². The SMILES string of the molecule is COc1cccc(Br)c1C(=O)N1CCN(CC(F)(F)F)CC1. The first-order valence-corrected chi connectivity index (χ1v) is 7.52. The zero-order chi connectivity index (χ0) is 16.3. The van der Waals surface area contributed by atoms with Crippen LogP contribution in [0.15, 0.2) is 22.7 Å². The van der Waals surface area contributed by atoms with E-state index in [-0.39, 0.29) is 32.1 Å². The van der Waals surface area contributed by atoms with Gasteiger partial charge in [0.25, 0.3) is 5.91 Å². The van der Waals surface area contributed by atoms with Gasteiger partial charge >= 0.3 is 6.18 Å². The number of halogens is 4. The molecule has 8 heteroatoms. The Morgan fingerprint density at radius 2 is 1.91 bits per heavy atom. The number of benzene rings is 1. The van der Waals surface area contributed by atoms with Gasteiger partial charge in [0.05, 0.1) is 19.2 Å². The Balaban J connectivity index is 2.04. The van der Waals surface area contributed by atoms with Crippen LogP contribution in [0, 0.1) is 0 Å². The zero-order valence-electron chi connectivity index (χ0n) is 12.0. The van der Waals surface area contributed by atoms with Crippen molar-refractivity contribution in [2.45, 2.75) is 6.18 Å². The van der Waals surface area contributed by atoms with E-state index >= 15 is 0 Å². The minimum atomic E-state index is -4.21. The maximum Gasteiger partial charge on any atom is 0.401 e. The van der Waals surface area contributed by atoms with Gasteiger partial charge in [-0.2, -0.15) is 13.2 Å². The first kappa shape index (κ1) is 17.1. The van der Waals surface area contributed by atoms with Crippen LogP contribution in [0.25, 0.3) is 0 Å². The van der Waals surface area contributed by atoms with Crippen molar-refractivity contribution >= 4 is 21.8 Å². The molecule has 0 N–H and O–H groups in total. The number of ether oxygens (including phenoxy) is 1. The summed E-state index contributed by atoms with van der Waals surface area (Å²) in [4.78, 5) is 15.4. The topological polar surface area (TPSA) is 32.8 Å². The number of carbonyl (C=O) groups excluding carboxylic acids is 1. The second kappa shape index (κ2) is 6.87. The third kappa shape index (κ3) is 4.13. The number of amides is 1. The van der Waals surface area contributed by atoms with E-state index in [1.165, 1.54) is 12.0 Å². The molecule has 0 radical (unpaired) electrons. The molecule has 1 aliphatic heterocycles. The van der Waals surface area contributed by atoms with E-state index in [0.29, 0.717) is 15.8 Å². The van der Waals surface area contributed by atoms with E-state index in [2.05, 4.69) is 15.9 Å². The molecule has 0 spiro atoms. The first-order valence-electron chi connectivity index (χ1n) is 6.72. The summed E-state index contributed by atoms with van der Waals surface area (Å²) in [7, 11) is 1.47. The monoisotopic (exact) mass is 380 g/mol. The van der Waals surface area contributed by atoms with E-state index in [4.69, 9.17) is 4.74 Å². The van der Waals surface area contributed by atoms with Crippen LogP contribution in [-0.4, -0.2) is 61.7 Å². The van der Waals surface area contributed by atoms with Gasteiger partial charge in [0, 0.05) is 30.7 Å². The molecule has 1 heterocycles. The Morgan fingerprint density at radius 1 is 1.27 bits per heavy atom. The molecule has 122 valence electrons. The third-order valence-electron chi connectivity index (χ3n) is 3.47. The molecule has 1 aliphatic rings. The van der Waals surface area contributed by atoms with Crippen molar-refractivity contribution in [2.24, 2.45) is 0 Å². The van der Waals surface area contributed by atoms with Gasteiger partial charge in [-0.25, -0.2) is 0 Å². The highest BCUT2D eigenvalue weighted by Gasteiger charge is 2.33. The minimum absolute atomic E-state index is 0.206. The Morgan fingerprint density at radius 3 is 2.45 bits per heavy atom. The van der Waals surface area contributed by atoms with Crippen LogP contribution in [0.2, 0.25) is 0 Å². The van der Waals surface area contributed by atoms with Gasteiger partial charge in [-0.1, -0.05) is 6.07 Å². The van der Waals surface area contributed by atoms with Crippen LogP contribution >= 0.6 is 15.9 Å². The van der Waals surface area contributed by atoms with Gasteiger partial charge in [0.1, 0.15) is 5.75 Å². The summed E-state index contributed by atoms with van der Waals surface area (Å²) in [6, 6.07) is 5.16. The van der Waals surface area contributed by atoms with Crippen LogP contribution in [0.3, 0.4) is 0 Å². The normalized spacial score (nSPS) is 16.7. The molecule has 1 amide bonds. The molecule has 1 saturated heterocycles. The predicted octanol–water partition coefficient (Wildman–Crippen LogP) is 2.78. The van der Waals surface area contributed by atoms with Gasteiger partial charge < -0.3 is 9.64 Å². The van der Waals surface area contributed by atoms with E-state index in [1.54, 1.807) is 23.1 Å². The number of alkyl halides is 3. The fraction of sp³-hybridized carbons (Fsp3) is 0.500. The van der Waals surface area contributed by atoms with Gasteiger partial charge in [-0.3, -0.25) is 9.69 Å². The van der Waals surface area contributed by atoms with Gasteiger partial charge in [-0.15, -0.1) is 0 Å². The maximum absolute atomic E-state index is 12.6. The number of piperazine rings is 1. The maximum atomic E-state index is 12.6. The average molecular weight is 381 g/mol. The number of nitrogens with zero attached hydrogens (tertiary/aromatic N) is 2. The zero-order valence-corrected chi connectivity index (χ0v) is 13.6. The molecule has 4 nitrogen and oxygen atoms in total. The molecular formula is C14H16BrF3N2O2. The van der Waals surface area contributed by atoms with E-state index in [1.807, 2.05) is 0 Å². The summed E-state index contributed by atoms with van der Waals surface area (Å²) in [5.41, 5.74) is 0.397. The molecule has 22 heavy (non-hydrogen) atoms. The third-order valence-corrected chi connectivity index (χ3v) is 4.13. The van der Waals surface area contributed by atoms with Crippen LogP contribution in [-0.2, 0) is 0 Å². The molecule has 0 aliphatic carbocycles. The molecular weight excluding hydrogens is 365 g/mol. The van der Waals surface area contributed by atoms with Crippen molar-refractivity contribution < 1.29 is 22.7 Å². The lowest BCUT2D eigenvalue weighted by Gasteiger charge is -2.35. The Hall–Kier alpha value is -1.28. The lowest BCUT2D eigenvalue weighted by molar-refractivity contribution is -0.148. The summed E-state index contributed by atoms with van der Waals surface area (Å²) < 4.78 is 42.9. The van der Waals surface area contributed by atoms with Gasteiger partial charge in [-0.05, 0) is 28.1 Å². The molecule has 0 atom stereocenters. The van der Waals surface area contributed by atoms with E-state index in [0.717, 1.165) is 0 Å². The molecule has 0 unspecified atom stereocenters. The number of hydrogen-bond acceptors (Lipinski definition) is 3. The Kier molecular flexibility index (Phi) is 5.33. The predicted molar refractivity (Wildman–Crippen MR) is 79.1 cm³/mol. The Bertz CT molecular complexity index is 543. The van der Waals surface area contributed by atoms with Crippen molar-refractivity contribution in [3.05, 3.63) is 28.2 Å². The largest absolute Gasteiger partial charge is 0.496 e. The molecule has 1 aromatic rings. The lowest BCUT2D eigenvalue weighted by atomic mass is 10.1. The fourth-order valence-corrected chi connectivity index (χ4v) is 2.92. The summed E-state index contributed by atoms with van der Waals surface area (Å²) in [5, 5.41) is 0. The smallest absolute Gasteiger partial charge is 0.401 e. The van der Waals surface area contributed by atoms with Crippen molar-refractivity contribution in [1.29, 1.82) is 0 Å². The highest BCUT2D eigenvalue weighted by Crippen LogP contribution is 2.28. The van der Waals surface area contributed by atoms with E-state index < -0.39 is 12.7 Å². The molecule has 1 fully saturated rings. The molecule has 2 rings (SSSR count). The lowest BCUT2D eigenvalue weighted by Crippen LogP contribution is -2.51. The standard InChI is InChI=1S/C14H16BrF3N2O2/c1-22-11-4-2-3-10(15)12(11)13(21)20-7-5-19(6-8-20)9-14(16,17)18/h2-4H,5-9H2,1H3. The summed E-state index contributed by atoms with van der Waals surface area (Å²) in [6.45, 7) is 0.00221. The van der Waals surface area contributed by atoms with Gasteiger partial charge in [0.15, 0.2) is 0 Å². The van der Waals surface area contributed by atoms with Gasteiger partial charge in [0.2, 0.25) is 0 Å². The van der Waals surface area contributed by atoms with Crippen LogP contribution in [0.1, 0.15) is 10.4 Å². The summed E-state index contributed by atoms with van der Waals surface area (Å²) in [6.07, 6.45) is -4.21. The number of rotatable bonds is 3. The average Bonchev–Trinajstić information content (AvgIpc) is 2.45. The fourth-order valence-electron chi connectivity index (χ4n) is 2.40. The van der Waals surface area contributed by atoms with Crippen molar-refractivity contribution in [1.82, 2.24) is 9.80 Å². The van der Waals surface area contributed by atoms with Crippen molar-refractivity contribution in [3.63, 3.8) is 0 Å². The minimum Gasteiger partial charge on any atom is -0.496 e. The number of carbonyl (C=O) groups is 1. The van der Waals surface area contributed by atoms with Crippen molar-refractivity contribution in [3.8, 4) is 5.75 Å².